The summed E-state index contributed by atoms with van der Waals surface area (Å²) in [6, 6.07) is 0. The topological polar surface area (TPSA) is 63.1 Å². The normalized spacial score (nSPS) is 10.7. The van der Waals surface area contributed by atoms with Crippen molar-refractivity contribution in [2.45, 2.75) is 33.6 Å². The lowest BCUT2D eigenvalue weighted by Gasteiger charge is -2.07. The zero-order valence-electron chi connectivity index (χ0n) is 9.32. The van der Waals surface area contributed by atoms with Crippen LogP contribution >= 0.6 is 0 Å². The summed E-state index contributed by atoms with van der Waals surface area (Å²) in [5, 5.41) is 8.89. The van der Waals surface area contributed by atoms with Gasteiger partial charge in [0, 0.05) is 12.6 Å². The number of hydrogen-bond acceptors (Lipinski definition) is 3. The smallest absolute Gasteiger partial charge is 0.339 e. The average Bonchev–Trinajstić information content (AvgIpc) is 2.16. The van der Waals surface area contributed by atoms with E-state index in [1.165, 1.54) is 6.20 Å². The maximum absolute atomic E-state index is 10.8. The minimum atomic E-state index is -0.956. The van der Waals surface area contributed by atoms with Gasteiger partial charge in [-0.05, 0) is 12.3 Å². The molecule has 1 aromatic heterocycles. The van der Waals surface area contributed by atoms with Crippen molar-refractivity contribution in [1.29, 1.82) is 0 Å². The third-order valence-electron chi connectivity index (χ3n) is 2.07. The van der Waals surface area contributed by atoms with Crippen LogP contribution in [0.3, 0.4) is 0 Å². The first-order valence-corrected chi connectivity index (χ1v) is 5.12. The van der Waals surface area contributed by atoms with Gasteiger partial charge in [-0.1, -0.05) is 20.8 Å². The van der Waals surface area contributed by atoms with Crippen molar-refractivity contribution in [2.24, 2.45) is 5.92 Å². The van der Waals surface area contributed by atoms with E-state index in [1.807, 2.05) is 6.92 Å². The Kier molecular flexibility index (Phi) is 3.77. The first-order chi connectivity index (χ1) is 7.04. The van der Waals surface area contributed by atoms with Gasteiger partial charge in [-0.3, -0.25) is 0 Å². The highest BCUT2D eigenvalue weighted by Gasteiger charge is 2.12. The first kappa shape index (κ1) is 11.6. The van der Waals surface area contributed by atoms with Gasteiger partial charge in [-0.15, -0.1) is 0 Å². The molecule has 0 amide bonds. The maximum Gasteiger partial charge on any atom is 0.339 e. The van der Waals surface area contributed by atoms with Crippen LogP contribution in [0.1, 0.15) is 42.6 Å². The summed E-state index contributed by atoms with van der Waals surface area (Å²) in [7, 11) is 0. The van der Waals surface area contributed by atoms with Crippen LogP contribution in [-0.4, -0.2) is 21.0 Å². The molecule has 0 bridgehead atoms. The first-order valence-electron chi connectivity index (χ1n) is 5.12. The Hall–Kier alpha value is -1.45. The molecule has 0 fully saturated rings. The number of rotatable bonds is 4. The Morgan fingerprint density at radius 1 is 1.53 bits per heavy atom. The third kappa shape index (κ3) is 3.01. The average molecular weight is 208 g/mol. The number of aryl methyl sites for hydroxylation is 1. The number of hydrogen-bond donors (Lipinski definition) is 1. The van der Waals surface area contributed by atoms with E-state index in [0.29, 0.717) is 18.0 Å². The number of carboxylic acids is 1. The molecule has 0 spiro atoms. The van der Waals surface area contributed by atoms with Crippen molar-refractivity contribution in [3.05, 3.63) is 23.3 Å². The summed E-state index contributed by atoms with van der Waals surface area (Å²) in [5.41, 5.74) is 0.832. The van der Waals surface area contributed by atoms with E-state index in [2.05, 4.69) is 23.8 Å². The second-order valence-electron chi connectivity index (χ2n) is 3.90. The van der Waals surface area contributed by atoms with Gasteiger partial charge in [0.15, 0.2) is 0 Å². The molecule has 1 aromatic rings. The Balaban J connectivity index is 3.02. The van der Waals surface area contributed by atoms with Crippen LogP contribution in [0.25, 0.3) is 0 Å². The second-order valence-corrected chi connectivity index (χ2v) is 3.90. The minimum absolute atomic E-state index is 0.213. The van der Waals surface area contributed by atoms with Gasteiger partial charge in [-0.2, -0.15) is 0 Å². The van der Waals surface area contributed by atoms with Gasteiger partial charge < -0.3 is 5.11 Å². The second kappa shape index (κ2) is 4.87. The molecule has 1 rings (SSSR count). The molecule has 0 aromatic carbocycles. The SMILES string of the molecule is CCc1nc(CC(C)C)ncc1C(=O)O. The molecule has 0 aliphatic heterocycles. The molecule has 4 heteroatoms. The molecule has 0 saturated heterocycles. The molecule has 0 aliphatic carbocycles. The minimum Gasteiger partial charge on any atom is -0.478 e. The molecule has 1 heterocycles. The number of carbonyl (C=O) groups is 1. The van der Waals surface area contributed by atoms with Gasteiger partial charge in [0.2, 0.25) is 0 Å². The number of carboxylic acid groups (broad SMARTS) is 1. The largest absolute Gasteiger partial charge is 0.478 e. The fraction of sp³-hybridized carbons (Fsp3) is 0.545. The van der Waals surface area contributed by atoms with Gasteiger partial charge in [0.05, 0.1) is 11.3 Å². The summed E-state index contributed by atoms with van der Waals surface area (Å²) < 4.78 is 0. The van der Waals surface area contributed by atoms with E-state index in [0.717, 1.165) is 12.2 Å². The maximum atomic E-state index is 10.8. The van der Waals surface area contributed by atoms with Crippen molar-refractivity contribution in [3.63, 3.8) is 0 Å². The van der Waals surface area contributed by atoms with Gasteiger partial charge in [0.1, 0.15) is 5.82 Å². The zero-order chi connectivity index (χ0) is 11.4. The van der Waals surface area contributed by atoms with Crippen LogP contribution in [0.15, 0.2) is 6.20 Å². The predicted molar refractivity (Wildman–Crippen MR) is 56.9 cm³/mol. The molecule has 1 N–H and O–H groups in total. The Morgan fingerprint density at radius 3 is 2.67 bits per heavy atom. The van der Waals surface area contributed by atoms with E-state index in [-0.39, 0.29) is 5.56 Å². The lowest BCUT2D eigenvalue weighted by molar-refractivity contribution is 0.0694. The van der Waals surface area contributed by atoms with Crippen molar-refractivity contribution < 1.29 is 9.90 Å². The summed E-state index contributed by atoms with van der Waals surface area (Å²) in [6.07, 6.45) is 2.81. The molecule has 0 atom stereocenters. The lowest BCUT2D eigenvalue weighted by Crippen LogP contribution is -2.09. The van der Waals surface area contributed by atoms with Gasteiger partial charge in [0.25, 0.3) is 0 Å². The highest BCUT2D eigenvalue weighted by atomic mass is 16.4. The van der Waals surface area contributed by atoms with Crippen molar-refractivity contribution in [1.82, 2.24) is 9.97 Å². The summed E-state index contributed by atoms with van der Waals surface area (Å²) in [5.74, 6) is 0.250. The standard InChI is InChI=1S/C11H16N2O2/c1-4-9-8(11(14)15)6-12-10(13-9)5-7(2)3/h6-7H,4-5H2,1-3H3,(H,14,15). The molecule has 0 unspecified atom stereocenters. The van der Waals surface area contributed by atoms with Crippen LogP contribution in [0, 0.1) is 5.92 Å². The highest BCUT2D eigenvalue weighted by molar-refractivity contribution is 5.88. The molecule has 0 aliphatic rings. The Labute approximate surface area is 89.4 Å². The van der Waals surface area contributed by atoms with E-state index in [4.69, 9.17) is 5.11 Å². The van der Waals surface area contributed by atoms with E-state index in [9.17, 15) is 4.79 Å². The fourth-order valence-corrected chi connectivity index (χ4v) is 1.37. The van der Waals surface area contributed by atoms with Crippen LogP contribution in [-0.2, 0) is 12.8 Å². The van der Waals surface area contributed by atoms with Crippen molar-refractivity contribution in [2.75, 3.05) is 0 Å². The molecular weight excluding hydrogens is 192 g/mol. The highest BCUT2D eigenvalue weighted by Crippen LogP contribution is 2.09. The summed E-state index contributed by atoms with van der Waals surface area (Å²) >= 11 is 0. The summed E-state index contributed by atoms with van der Waals surface area (Å²) in [6.45, 7) is 6.06. The van der Waals surface area contributed by atoms with Gasteiger partial charge in [-0.25, -0.2) is 14.8 Å². The van der Waals surface area contributed by atoms with Crippen molar-refractivity contribution >= 4 is 5.97 Å². The van der Waals surface area contributed by atoms with E-state index >= 15 is 0 Å². The molecule has 0 radical (unpaired) electrons. The van der Waals surface area contributed by atoms with Crippen LogP contribution in [0.5, 0.6) is 0 Å². The molecular formula is C11H16N2O2. The zero-order valence-corrected chi connectivity index (χ0v) is 9.32. The molecule has 82 valence electrons. The van der Waals surface area contributed by atoms with Crippen LogP contribution in [0.4, 0.5) is 0 Å². The van der Waals surface area contributed by atoms with Crippen LogP contribution in [0.2, 0.25) is 0 Å². The third-order valence-corrected chi connectivity index (χ3v) is 2.07. The molecule has 0 saturated carbocycles. The number of aromatic nitrogens is 2. The predicted octanol–water partition coefficient (Wildman–Crippen LogP) is 1.94. The quantitative estimate of drug-likeness (QED) is 0.821. The van der Waals surface area contributed by atoms with E-state index in [1.54, 1.807) is 0 Å². The monoisotopic (exact) mass is 208 g/mol. The number of nitrogens with zero attached hydrogens (tertiary/aromatic N) is 2. The van der Waals surface area contributed by atoms with Crippen LogP contribution < -0.4 is 0 Å². The summed E-state index contributed by atoms with van der Waals surface area (Å²) in [4.78, 5) is 19.2. The lowest BCUT2D eigenvalue weighted by atomic mass is 10.1. The number of aromatic carboxylic acids is 1. The molecule has 4 nitrogen and oxygen atoms in total. The Morgan fingerprint density at radius 2 is 2.20 bits per heavy atom. The Bertz CT molecular complexity index is 362. The molecule has 15 heavy (non-hydrogen) atoms. The van der Waals surface area contributed by atoms with E-state index < -0.39 is 5.97 Å². The van der Waals surface area contributed by atoms with Gasteiger partial charge >= 0.3 is 5.97 Å². The fourth-order valence-electron chi connectivity index (χ4n) is 1.37. The van der Waals surface area contributed by atoms with Crippen molar-refractivity contribution in [3.8, 4) is 0 Å².